The van der Waals surface area contributed by atoms with Crippen molar-refractivity contribution < 1.29 is 35.3 Å². The third-order valence-corrected chi connectivity index (χ3v) is 12.5. The Kier molecular flexibility index (Phi) is 10.6. The maximum atomic E-state index is 5.31. The van der Waals surface area contributed by atoms with Gasteiger partial charge in [0.1, 0.15) is 0 Å². The van der Waals surface area contributed by atoms with Gasteiger partial charge in [-0.3, -0.25) is 0 Å². The number of amidine groups is 8. The summed E-state index contributed by atoms with van der Waals surface area (Å²) in [7, 11) is 0. The van der Waals surface area contributed by atoms with Crippen LogP contribution in [-0.2, 0) is 43.2 Å². The Bertz CT molecular complexity index is 3170. The van der Waals surface area contributed by atoms with Gasteiger partial charge in [0.2, 0.25) is 0 Å². The molecule has 12 nitrogen and oxygen atoms in total. The molecule has 13 heteroatoms. The molecular formula is C56H40CuN12+4. The molecule has 0 atom stereocenters. The number of hydrogen-bond donors (Lipinski definition) is 0. The van der Waals surface area contributed by atoms with E-state index in [9.17, 15) is 0 Å². The molecule has 1 radical (unpaired) electrons. The van der Waals surface area contributed by atoms with E-state index < -0.39 is 0 Å². The summed E-state index contributed by atoms with van der Waals surface area (Å²) >= 11 is 0. The normalized spacial score (nSPS) is 14.6. The molecular weight excluding hydrogens is 904 g/mol. The quantitative estimate of drug-likeness (QED) is 0.128. The first kappa shape index (κ1) is 41.8. The van der Waals surface area contributed by atoms with Gasteiger partial charge in [-0.1, -0.05) is 48.5 Å². The van der Waals surface area contributed by atoms with Crippen LogP contribution < -0.4 is 18.3 Å². The molecule has 4 aromatic carbocycles. The first-order chi connectivity index (χ1) is 33.6. The van der Waals surface area contributed by atoms with Crippen LogP contribution >= 0.6 is 0 Å². The predicted molar refractivity (Wildman–Crippen MR) is 261 cm³/mol. The zero-order valence-electron chi connectivity index (χ0n) is 37.0. The number of rotatable bonds is 8. The van der Waals surface area contributed by atoms with Crippen LogP contribution in [0.4, 0.5) is 0 Å². The van der Waals surface area contributed by atoms with E-state index in [-0.39, 0.29) is 17.1 Å². The monoisotopic (exact) mass is 943 g/mol. The van der Waals surface area contributed by atoms with Crippen molar-refractivity contribution >= 4 is 46.7 Å². The largest absolute Gasteiger partial charge is 0.208 e. The van der Waals surface area contributed by atoms with Gasteiger partial charge in [0.25, 0.3) is 0 Å². The van der Waals surface area contributed by atoms with Gasteiger partial charge in [-0.15, -0.1) is 0 Å². The average molecular weight is 945 g/mol. The number of benzene rings is 4. The van der Waals surface area contributed by atoms with Crippen LogP contribution in [0.1, 0.15) is 66.8 Å². The van der Waals surface area contributed by atoms with Crippen LogP contribution in [0.3, 0.4) is 0 Å². The van der Waals surface area contributed by atoms with Crippen molar-refractivity contribution in [3.63, 3.8) is 0 Å². The third-order valence-electron chi connectivity index (χ3n) is 12.5. The molecule has 8 bridgehead atoms. The Labute approximate surface area is 408 Å². The zero-order valence-corrected chi connectivity index (χ0v) is 37.9. The van der Waals surface area contributed by atoms with Crippen LogP contribution in [-0.4, -0.2) is 46.7 Å². The summed E-state index contributed by atoms with van der Waals surface area (Å²) < 4.78 is 8.61. The number of hydrogen-bond acceptors (Lipinski definition) is 8. The fourth-order valence-corrected chi connectivity index (χ4v) is 9.25. The minimum Gasteiger partial charge on any atom is -0.208 e. The molecule has 8 aromatic rings. The van der Waals surface area contributed by atoms with Gasteiger partial charge in [0.15, 0.2) is 122 Å². The maximum absolute atomic E-state index is 5.31. The van der Waals surface area contributed by atoms with Crippen molar-refractivity contribution in [2.75, 3.05) is 0 Å². The number of pyridine rings is 4. The Hall–Kier alpha value is -8.64. The van der Waals surface area contributed by atoms with Crippen LogP contribution in [0.2, 0.25) is 0 Å². The number of aliphatic imine (C=N–C) groups is 8. The van der Waals surface area contributed by atoms with E-state index in [0.717, 1.165) is 66.8 Å². The van der Waals surface area contributed by atoms with Crippen molar-refractivity contribution in [2.45, 2.75) is 26.2 Å². The van der Waals surface area contributed by atoms with E-state index in [1.807, 2.05) is 72.8 Å². The molecule has 0 saturated heterocycles. The number of nitrogens with zero attached hydrogens (tertiary/aromatic N) is 12. The summed E-state index contributed by atoms with van der Waals surface area (Å²) in [6.07, 6.45) is 16.5. The molecule has 69 heavy (non-hydrogen) atoms. The molecule has 331 valence electrons. The minimum absolute atomic E-state index is 0. The summed E-state index contributed by atoms with van der Waals surface area (Å²) in [5, 5.41) is 0. The molecule has 0 unspecified atom stereocenters. The molecule has 0 aliphatic carbocycles. The number of fused-ring (bicyclic) bond motifs is 16. The van der Waals surface area contributed by atoms with Crippen LogP contribution in [0.5, 0.6) is 0 Å². The number of aromatic nitrogens is 4. The van der Waals surface area contributed by atoms with Crippen molar-refractivity contribution in [3.8, 4) is 0 Å². The molecule has 0 amide bonds. The van der Waals surface area contributed by atoms with E-state index in [1.54, 1.807) is 0 Å². The average Bonchev–Trinajstić information content (AvgIpc) is 4.10. The molecule has 9 heterocycles. The van der Waals surface area contributed by atoms with E-state index >= 15 is 0 Å². The van der Waals surface area contributed by atoms with E-state index in [2.05, 4.69) is 141 Å². The summed E-state index contributed by atoms with van der Waals surface area (Å²) in [5.74, 6) is 4.15. The second-order valence-electron chi connectivity index (χ2n) is 17.2. The van der Waals surface area contributed by atoms with E-state index in [1.165, 1.54) is 0 Å². The molecule has 0 spiro atoms. The first-order valence-electron chi connectivity index (χ1n) is 22.6. The fraction of sp³-hybridized carbons (Fsp3) is 0.0714. The van der Waals surface area contributed by atoms with Gasteiger partial charge in [0.05, 0.1) is 0 Å². The molecule has 13 rings (SSSR count). The summed E-state index contributed by atoms with van der Waals surface area (Å²) in [6.45, 7) is 2.70. The molecule has 4 aromatic heterocycles. The Balaban J connectivity index is 0.00000492. The SMILES string of the molecule is [Cu].c1cc[n+](Cc2ccc3c(c2)C2=NC3=NC3=NC(=NC4=NC(=NC5=NC(=N2)c2ccc(C[n+]6ccccc6)cc25)c2ccc(C[n+]5ccccc5)cc24)c2ccc(C[n+]4ccccc4)cc23)cc1. The van der Waals surface area contributed by atoms with Crippen molar-refractivity contribution in [1.82, 2.24) is 0 Å². The molecule has 0 saturated carbocycles. The summed E-state index contributed by atoms with van der Waals surface area (Å²) in [5.41, 5.74) is 11.3. The second kappa shape index (κ2) is 17.5. The van der Waals surface area contributed by atoms with Crippen LogP contribution in [0, 0.1) is 0 Å². The van der Waals surface area contributed by atoms with Crippen LogP contribution in [0.15, 0.2) is 235 Å². The van der Waals surface area contributed by atoms with Crippen molar-refractivity contribution in [3.05, 3.63) is 262 Å². The minimum atomic E-state index is 0. The summed E-state index contributed by atoms with van der Waals surface area (Å²) in [6, 6.07) is 50.0. The second-order valence-corrected chi connectivity index (χ2v) is 17.2. The molecule has 5 aliphatic heterocycles. The Morgan fingerprint density at radius 3 is 0.623 bits per heavy atom. The van der Waals surface area contributed by atoms with Gasteiger partial charge in [-0.05, 0) is 48.5 Å². The molecule has 5 aliphatic rings. The van der Waals surface area contributed by atoms with Gasteiger partial charge in [0, 0.05) is 132 Å². The van der Waals surface area contributed by atoms with Gasteiger partial charge in [-0.25, -0.2) is 58.2 Å². The topological polar surface area (TPSA) is 114 Å². The zero-order chi connectivity index (χ0) is 45.0. The molecule has 0 N–H and O–H groups in total. The van der Waals surface area contributed by atoms with Crippen LogP contribution in [0.25, 0.3) is 0 Å². The van der Waals surface area contributed by atoms with Gasteiger partial charge >= 0.3 is 0 Å². The fourth-order valence-electron chi connectivity index (χ4n) is 9.25. The first-order valence-corrected chi connectivity index (χ1v) is 22.6. The van der Waals surface area contributed by atoms with Gasteiger partial charge < -0.3 is 0 Å². The molecule has 0 fully saturated rings. The maximum Gasteiger partial charge on any atom is 0.173 e. The third kappa shape index (κ3) is 8.09. The van der Waals surface area contributed by atoms with Crippen molar-refractivity contribution in [2.24, 2.45) is 39.9 Å². The smallest absolute Gasteiger partial charge is 0.173 e. The standard InChI is InChI=1S/C56H40N12.Cu/c1-5-21-65(22-6-1)33-37-13-17-41-45(29-37)53-57-49(41)62-54-47-31-39(35-67-25-9-3-10-26-67)15-19-43(47)51(59-54)64-56-48-32-40(36-68-27-11-4-12-28-68)16-20-44(48)52(60-56)63-55-46-30-38(34-66-23-7-2-8-24-66)14-18-42(46)50(58-55)61-53;/h1-32H,33-36H2;/q+4;. The predicted octanol–water partition coefficient (Wildman–Crippen LogP) is 6.17. The van der Waals surface area contributed by atoms with E-state index in [0.29, 0.717) is 72.9 Å². The van der Waals surface area contributed by atoms with Crippen molar-refractivity contribution in [1.29, 1.82) is 0 Å². The Morgan fingerprint density at radius 2 is 0.420 bits per heavy atom. The summed E-state index contributed by atoms with van der Waals surface area (Å²) in [4.78, 5) is 42.1. The Morgan fingerprint density at radius 1 is 0.232 bits per heavy atom. The van der Waals surface area contributed by atoms with Gasteiger partial charge in [-0.2, -0.15) is 0 Å². The van der Waals surface area contributed by atoms with E-state index in [4.69, 9.17) is 39.9 Å².